The number of hydrogen-bond acceptors (Lipinski definition) is 5. The number of rotatable bonds is 9. The molecule has 1 saturated carbocycles. The first-order chi connectivity index (χ1) is 15.3. The lowest BCUT2D eigenvalue weighted by molar-refractivity contribution is -0.122. The van der Waals surface area contributed by atoms with Gasteiger partial charge in [-0.05, 0) is 44.6 Å². The summed E-state index contributed by atoms with van der Waals surface area (Å²) >= 11 is 0. The normalized spacial score (nSPS) is 20.8. The van der Waals surface area contributed by atoms with Crippen molar-refractivity contribution in [3.05, 3.63) is 33.0 Å². The number of aromatic amines is 1. The molecule has 8 nitrogen and oxygen atoms in total. The number of carbonyl (C=O) groups excluding carboxylic acids is 1. The maximum atomic E-state index is 13.0. The number of fused-ring (bicyclic) bond motifs is 1. The van der Waals surface area contributed by atoms with Crippen LogP contribution in [0.5, 0.6) is 11.5 Å². The minimum Gasteiger partial charge on any atom is -0.490 e. The molecule has 1 aliphatic rings. The van der Waals surface area contributed by atoms with Gasteiger partial charge in [-0.25, -0.2) is 4.79 Å². The number of aromatic nitrogens is 2. The fraction of sp³-hybridized carbons (Fsp3) is 0.625. The molecule has 2 N–H and O–H groups in total. The van der Waals surface area contributed by atoms with Gasteiger partial charge in [0.25, 0.3) is 5.56 Å². The predicted molar refractivity (Wildman–Crippen MR) is 125 cm³/mol. The summed E-state index contributed by atoms with van der Waals surface area (Å²) in [7, 11) is 0. The van der Waals surface area contributed by atoms with E-state index in [0.717, 1.165) is 17.4 Å². The fourth-order valence-electron chi connectivity index (χ4n) is 4.46. The third-order valence-corrected chi connectivity index (χ3v) is 6.48. The van der Waals surface area contributed by atoms with Crippen molar-refractivity contribution in [1.29, 1.82) is 0 Å². The van der Waals surface area contributed by atoms with E-state index in [4.69, 9.17) is 9.47 Å². The highest BCUT2D eigenvalue weighted by atomic mass is 16.5. The molecule has 2 aromatic rings. The summed E-state index contributed by atoms with van der Waals surface area (Å²) in [6.45, 7) is 9.17. The number of benzene rings is 1. The number of carbonyl (C=O) groups is 1. The van der Waals surface area contributed by atoms with Crippen molar-refractivity contribution in [3.63, 3.8) is 0 Å². The van der Waals surface area contributed by atoms with E-state index in [2.05, 4.69) is 24.1 Å². The highest BCUT2D eigenvalue weighted by Gasteiger charge is 2.27. The molecule has 0 aliphatic heterocycles. The van der Waals surface area contributed by atoms with Crippen LogP contribution >= 0.6 is 0 Å². The van der Waals surface area contributed by atoms with Crippen molar-refractivity contribution in [1.82, 2.24) is 14.9 Å². The molecule has 3 atom stereocenters. The lowest BCUT2D eigenvalue weighted by atomic mass is 9.78. The highest BCUT2D eigenvalue weighted by molar-refractivity contribution is 5.81. The maximum absolute atomic E-state index is 13.0. The van der Waals surface area contributed by atoms with E-state index in [1.54, 1.807) is 12.1 Å². The Balaban J connectivity index is 1.71. The van der Waals surface area contributed by atoms with Crippen LogP contribution in [0.2, 0.25) is 0 Å². The first-order valence-electron chi connectivity index (χ1n) is 11.7. The van der Waals surface area contributed by atoms with Gasteiger partial charge in [0.1, 0.15) is 0 Å². The predicted octanol–water partition coefficient (Wildman–Crippen LogP) is 3.21. The molecular formula is C24H35N3O5. The van der Waals surface area contributed by atoms with Gasteiger partial charge in [0.2, 0.25) is 5.91 Å². The highest BCUT2D eigenvalue weighted by Crippen LogP contribution is 2.31. The zero-order valence-electron chi connectivity index (χ0n) is 19.5. The van der Waals surface area contributed by atoms with Crippen molar-refractivity contribution in [2.45, 2.75) is 72.4 Å². The number of nitrogens with zero attached hydrogens (tertiary/aromatic N) is 1. The zero-order valence-corrected chi connectivity index (χ0v) is 19.5. The molecule has 0 spiro atoms. The fourth-order valence-corrected chi connectivity index (χ4v) is 4.46. The maximum Gasteiger partial charge on any atom is 0.328 e. The van der Waals surface area contributed by atoms with Crippen LogP contribution in [-0.2, 0) is 11.3 Å². The minimum absolute atomic E-state index is 0.0267. The molecule has 1 fully saturated rings. The number of ether oxygens (including phenoxy) is 2. The van der Waals surface area contributed by atoms with E-state index in [0.29, 0.717) is 53.9 Å². The summed E-state index contributed by atoms with van der Waals surface area (Å²) < 4.78 is 12.3. The Morgan fingerprint density at radius 3 is 2.50 bits per heavy atom. The Labute approximate surface area is 188 Å². The Kier molecular flexibility index (Phi) is 7.99. The van der Waals surface area contributed by atoms with Crippen LogP contribution in [0.25, 0.3) is 10.9 Å². The third-order valence-electron chi connectivity index (χ3n) is 6.48. The average Bonchev–Trinajstić information content (AvgIpc) is 2.75. The van der Waals surface area contributed by atoms with Crippen LogP contribution < -0.4 is 26.0 Å². The topological polar surface area (TPSA) is 102 Å². The molecular weight excluding hydrogens is 410 g/mol. The lowest BCUT2D eigenvalue weighted by Crippen LogP contribution is -2.43. The van der Waals surface area contributed by atoms with Crippen molar-refractivity contribution >= 4 is 16.8 Å². The van der Waals surface area contributed by atoms with Crippen LogP contribution in [0.3, 0.4) is 0 Å². The van der Waals surface area contributed by atoms with E-state index in [1.165, 1.54) is 6.42 Å². The van der Waals surface area contributed by atoms with Crippen molar-refractivity contribution in [2.75, 3.05) is 13.2 Å². The Morgan fingerprint density at radius 2 is 1.81 bits per heavy atom. The zero-order chi connectivity index (χ0) is 23.3. The summed E-state index contributed by atoms with van der Waals surface area (Å²) in [5.41, 5.74) is -0.492. The molecule has 0 bridgehead atoms. The smallest absolute Gasteiger partial charge is 0.328 e. The van der Waals surface area contributed by atoms with E-state index >= 15 is 0 Å². The van der Waals surface area contributed by atoms with Crippen LogP contribution in [0, 0.1) is 11.8 Å². The van der Waals surface area contributed by atoms with Crippen molar-refractivity contribution < 1.29 is 14.3 Å². The third kappa shape index (κ3) is 5.34. The first-order valence-corrected chi connectivity index (χ1v) is 11.7. The second kappa shape index (κ2) is 10.7. The largest absolute Gasteiger partial charge is 0.490 e. The van der Waals surface area contributed by atoms with E-state index in [9.17, 15) is 14.4 Å². The lowest BCUT2D eigenvalue weighted by Gasteiger charge is -2.34. The number of nitrogens with one attached hydrogen (secondary N) is 2. The molecule has 176 valence electrons. The standard InChI is InChI=1S/C24H35N3O5/c1-5-31-20-13-17-19(14-21(20)32-6-2)26-24(30)27(23(17)29)12-8-11-22(28)25-18-10-7-9-15(3)16(18)4/h13-16,18H,5-12H2,1-4H3,(H,25,28)(H,26,30). The van der Waals surface area contributed by atoms with Gasteiger partial charge in [0.05, 0.1) is 24.1 Å². The van der Waals surface area contributed by atoms with Gasteiger partial charge in [-0.1, -0.05) is 26.7 Å². The SMILES string of the molecule is CCOc1cc2[nH]c(=O)n(CCCC(=O)NC3CCCC(C)C3C)c(=O)c2cc1OCC. The van der Waals surface area contributed by atoms with Gasteiger partial charge >= 0.3 is 5.69 Å². The molecule has 0 radical (unpaired) electrons. The molecule has 1 heterocycles. The van der Waals surface area contributed by atoms with Gasteiger partial charge < -0.3 is 19.8 Å². The molecule has 3 rings (SSSR count). The number of hydrogen-bond donors (Lipinski definition) is 2. The number of amides is 1. The summed E-state index contributed by atoms with van der Waals surface area (Å²) in [4.78, 5) is 40.7. The Bertz CT molecular complexity index is 1060. The van der Waals surface area contributed by atoms with Gasteiger partial charge in [-0.3, -0.25) is 14.2 Å². The van der Waals surface area contributed by atoms with Crippen LogP contribution in [0.15, 0.2) is 21.7 Å². The van der Waals surface area contributed by atoms with Gasteiger partial charge in [-0.2, -0.15) is 0 Å². The molecule has 0 saturated heterocycles. The molecule has 3 unspecified atom stereocenters. The molecule has 8 heteroatoms. The average molecular weight is 446 g/mol. The second-order valence-electron chi connectivity index (χ2n) is 8.64. The van der Waals surface area contributed by atoms with Crippen molar-refractivity contribution in [2.24, 2.45) is 11.8 Å². The second-order valence-corrected chi connectivity index (χ2v) is 8.64. The van der Waals surface area contributed by atoms with E-state index < -0.39 is 11.2 Å². The molecule has 1 aromatic carbocycles. The Morgan fingerprint density at radius 1 is 1.12 bits per heavy atom. The molecule has 1 aliphatic carbocycles. The van der Waals surface area contributed by atoms with Crippen LogP contribution in [0.1, 0.15) is 59.8 Å². The summed E-state index contributed by atoms with van der Waals surface area (Å²) in [5.74, 6) is 1.99. The van der Waals surface area contributed by atoms with E-state index in [-0.39, 0.29) is 24.9 Å². The van der Waals surface area contributed by atoms with Gasteiger partial charge in [0.15, 0.2) is 11.5 Å². The quantitative estimate of drug-likeness (QED) is 0.617. The minimum atomic E-state index is -0.496. The Hall–Kier alpha value is -2.77. The van der Waals surface area contributed by atoms with Gasteiger partial charge in [0, 0.05) is 25.1 Å². The molecule has 1 aromatic heterocycles. The first kappa shape index (κ1) is 23.9. The van der Waals surface area contributed by atoms with Gasteiger partial charge in [-0.15, -0.1) is 0 Å². The monoisotopic (exact) mass is 445 g/mol. The summed E-state index contributed by atoms with van der Waals surface area (Å²) in [6.07, 6.45) is 4.03. The molecule has 32 heavy (non-hydrogen) atoms. The number of H-pyrrole nitrogens is 1. The van der Waals surface area contributed by atoms with Crippen molar-refractivity contribution in [3.8, 4) is 11.5 Å². The molecule has 1 amide bonds. The summed E-state index contributed by atoms with van der Waals surface area (Å²) in [6, 6.07) is 3.43. The van der Waals surface area contributed by atoms with Crippen LogP contribution in [0.4, 0.5) is 0 Å². The van der Waals surface area contributed by atoms with E-state index in [1.807, 2.05) is 13.8 Å². The van der Waals surface area contributed by atoms with Crippen LogP contribution in [-0.4, -0.2) is 34.7 Å². The summed E-state index contributed by atoms with van der Waals surface area (Å²) in [5, 5.41) is 3.49.